The van der Waals surface area contributed by atoms with E-state index in [9.17, 15) is 8.42 Å². The van der Waals surface area contributed by atoms with Crippen LogP contribution in [0.2, 0.25) is 0 Å². The summed E-state index contributed by atoms with van der Waals surface area (Å²) in [6, 6.07) is 0. The maximum atomic E-state index is 11.2. The van der Waals surface area contributed by atoms with Crippen molar-refractivity contribution in [3.63, 3.8) is 0 Å². The second kappa shape index (κ2) is 5.80. The average Bonchev–Trinajstić information content (AvgIpc) is 2.03. The van der Waals surface area contributed by atoms with Gasteiger partial charge in [0.25, 0.3) is 0 Å². The van der Waals surface area contributed by atoms with E-state index in [1.165, 1.54) is 6.92 Å². The molecule has 2 N–H and O–H groups in total. The first-order valence-corrected chi connectivity index (χ1v) is 6.57. The number of rotatable bonds is 6. The van der Waals surface area contributed by atoms with Gasteiger partial charge in [-0.05, 0) is 13.2 Å². The molecule has 6 heteroatoms. The van der Waals surface area contributed by atoms with Crippen molar-refractivity contribution >= 4 is 21.8 Å². The van der Waals surface area contributed by atoms with Gasteiger partial charge in [-0.25, -0.2) is 13.1 Å². The molecule has 0 spiro atoms. The number of hydrogen-bond acceptors (Lipinski definition) is 4. The van der Waals surface area contributed by atoms with Crippen LogP contribution in [0, 0.1) is 0 Å². The van der Waals surface area contributed by atoms with E-state index in [4.69, 9.17) is 5.11 Å². The molecule has 4 nitrogen and oxygen atoms in total. The maximum Gasteiger partial charge on any atom is 0.216 e. The first-order chi connectivity index (χ1) is 5.54. The highest BCUT2D eigenvalue weighted by Crippen LogP contribution is 1.97. The Kier molecular flexibility index (Phi) is 5.90. The quantitative estimate of drug-likeness (QED) is 0.592. The predicted octanol–water partition coefficient (Wildman–Crippen LogP) is -0.350. The third kappa shape index (κ3) is 4.30. The largest absolute Gasteiger partial charge is 0.395 e. The van der Waals surface area contributed by atoms with Gasteiger partial charge in [-0.3, -0.25) is 0 Å². The molecule has 0 aliphatic heterocycles. The van der Waals surface area contributed by atoms with E-state index >= 15 is 0 Å². The van der Waals surface area contributed by atoms with E-state index in [2.05, 4.69) is 4.72 Å². The van der Waals surface area contributed by atoms with E-state index < -0.39 is 15.3 Å². The number of thioether (sulfide) groups is 1. The molecule has 0 aromatic carbocycles. The van der Waals surface area contributed by atoms with Gasteiger partial charge in [0, 0.05) is 12.3 Å². The van der Waals surface area contributed by atoms with Crippen molar-refractivity contribution in [1.29, 1.82) is 0 Å². The normalized spacial score (nSPS) is 14.6. The molecule has 1 atom stereocenters. The molecule has 12 heavy (non-hydrogen) atoms. The Morgan fingerprint density at radius 3 is 2.58 bits per heavy atom. The molecular formula is C6H15NO3S2. The van der Waals surface area contributed by atoms with Gasteiger partial charge < -0.3 is 5.11 Å². The van der Waals surface area contributed by atoms with Crippen molar-refractivity contribution < 1.29 is 13.5 Å². The number of nitrogens with one attached hydrogen (secondary N) is 1. The van der Waals surface area contributed by atoms with Crippen LogP contribution >= 0.6 is 11.8 Å². The molecule has 0 aliphatic rings. The molecule has 0 heterocycles. The summed E-state index contributed by atoms with van der Waals surface area (Å²) >= 11 is 1.57. The fourth-order valence-electron chi connectivity index (χ4n) is 0.526. The molecule has 0 aliphatic carbocycles. The van der Waals surface area contributed by atoms with Gasteiger partial charge in [0.2, 0.25) is 10.0 Å². The van der Waals surface area contributed by atoms with E-state index in [-0.39, 0.29) is 6.61 Å². The van der Waals surface area contributed by atoms with Crippen molar-refractivity contribution in [2.24, 2.45) is 0 Å². The van der Waals surface area contributed by atoms with Gasteiger partial charge >= 0.3 is 0 Å². The standard InChI is InChI=1S/C6H15NO3S2/c1-6(5-8)12(9,10)7-3-4-11-2/h6-8H,3-5H2,1-2H3. The fraction of sp³-hybridized carbons (Fsp3) is 1.00. The Morgan fingerprint density at radius 1 is 1.58 bits per heavy atom. The van der Waals surface area contributed by atoms with Crippen LogP contribution in [0.25, 0.3) is 0 Å². The molecule has 0 aromatic rings. The van der Waals surface area contributed by atoms with Crippen LogP contribution in [0.1, 0.15) is 6.92 Å². The second-order valence-electron chi connectivity index (χ2n) is 2.43. The van der Waals surface area contributed by atoms with Crippen molar-refractivity contribution in [1.82, 2.24) is 4.72 Å². The van der Waals surface area contributed by atoms with Crippen LogP contribution in [-0.4, -0.2) is 43.9 Å². The van der Waals surface area contributed by atoms with Crippen molar-refractivity contribution in [3.8, 4) is 0 Å². The van der Waals surface area contributed by atoms with Gasteiger partial charge in [-0.2, -0.15) is 11.8 Å². The summed E-state index contributed by atoms with van der Waals surface area (Å²) in [6.45, 7) is 1.56. The lowest BCUT2D eigenvalue weighted by atomic mass is 10.5. The van der Waals surface area contributed by atoms with Gasteiger partial charge in [0.15, 0.2) is 0 Å². The maximum absolute atomic E-state index is 11.2. The van der Waals surface area contributed by atoms with E-state index in [0.29, 0.717) is 6.54 Å². The Labute approximate surface area is 77.8 Å². The third-order valence-corrected chi connectivity index (χ3v) is 3.82. The first kappa shape index (κ1) is 12.2. The molecule has 1 unspecified atom stereocenters. The molecule has 0 bridgehead atoms. The number of aliphatic hydroxyl groups excluding tert-OH is 1. The van der Waals surface area contributed by atoms with Crippen LogP contribution in [0.15, 0.2) is 0 Å². The fourth-order valence-corrected chi connectivity index (χ4v) is 1.83. The molecule has 0 saturated carbocycles. The molecule has 0 saturated heterocycles. The summed E-state index contributed by atoms with van der Waals surface area (Å²) in [5, 5.41) is 7.88. The van der Waals surface area contributed by atoms with Crippen LogP contribution in [-0.2, 0) is 10.0 Å². The Bertz CT molecular complexity index is 203. The predicted molar refractivity (Wildman–Crippen MR) is 51.9 cm³/mol. The summed E-state index contributed by atoms with van der Waals surface area (Å²) < 4.78 is 24.7. The minimum absolute atomic E-state index is 0.339. The average molecular weight is 213 g/mol. The minimum atomic E-state index is -3.30. The van der Waals surface area contributed by atoms with E-state index in [1.54, 1.807) is 11.8 Å². The van der Waals surface area contributed by atoms with Gasteiger partial charge in [-0.15, -0.1) is 0 Å². The zero-order chi connectivity index (χ0) is 9.61. The van der Waals surface area contributed by atoms with E-state index in [0.717, 1.165) is 5.75 Å². The second-order valence-corrected chi connectivity index (χ2v) is 5.59. The molecule has 0 fully saturated rings. The summed E-state index contributed by atoms with van der Waals surface area (Å²) in [5.41, 5.74) is 0. The topological polar surface area (TPSA) is 66.4 Å². The van der Waals surface area contributed by atoms with Crippen LogP contribution < -0.4 is 4.72 Å². The van der Waals surface area contributed by atoms with Crippen LogP contribution in [0.4, 0.5) is 0 Å². The molecular weight excluding hydrogens is 198 g/mol. The van der Waals surface area contributed by atoms with Gasteiger partial charge in [0.05, 0.1) is 11.9 Å². The van der Waals surface area contributed by atoms with E-state index in [1.807, 2.05) is 6.26 Å². The Morgan fingerprint density at radius 2 is 2.17 bits per heavy atom. The SMILES string of the molecule is CSCCNS(=O)(=O)C(C)CO. The molecule has 74 valence electrons. The smallest absolute Gasteiger partial charge is 0.216 e. The molecule has 0 amide bonds. The third-order valence-electron chi connectivity index (χ3n) is 1.40. The summed E-state index contributed by atoms with van der Waals surface area (Å²) in [5.74, 6) is 0.747. The van der Waals surface area contributed by atoms with Crippen LogP contribution in [0.3, 0.4) is 0 Å². The summed E-state index contributed by atoms with van der Waals surface area (Å²) in [7, 11) is -3.30. The summed E-state index contributed by atoms with van der Waals surface area (Å²) in [4.78, 5) is 0. The minimum Gasteiger partial charge on any atom is -0.395 e. The van der Waals surface area contributed by atoms with Gasteiger partial charge in [-0.1, -0.05) is 0 Å². The number of sulfonamides is 1. The Hall–Kier alpha value is 0.220. The van der Waals surface area contributed by atoms with Crippen molar-refractivity contribution in [2.45, 2.75) is 12.2 Å². The zero-order valence-corrected chi connectivity index (χ0v) is 8.91. The highest BCUT2D eigenvalue weighted by Gasteiger charge is 2.18. The number of hydrogen-bond donors (Lipinski definition) is 2. The molecule has 0 radical (unpaired) electrons. The number of aliphatic hydroxyl groups is 1. The lowest BCUT2D eigenvalue weighted by Crippen LogP contribution is -2.35. The lowest BCUT2D eigenvalue weighted by Gasteiger charge is -2.10. The highest BCUT2D eigenvalue weighted by molar-refractivity contribution is 7.98. The lowest BCUT2D eigenvalue weighted by molar-refractivity contribution is 0.295. The monoisotopic (exact) mass is 213 g/mol. The van der Waals surface area contributed by atoms with Crippen molar-refractivity contribution in [3.05, 3.63) is 0 Å². The van der Waals surface area contributed by atoms with Crippen molar-refractivity contribution in [2.75, 3.05) is 25.2 Å². The van der Waals surface area contributed by atoms with Gasteiger partial charge in [0.1, 0.15) is 0 Å². The van der Waals surface area contributed by atoms with Crippen LogP contribution in [0.5, 0.6) is 0 Å². The summed E-state index contributed by atoms with van der Waals surface area (Å²) in [6.07, 6.45) is 1.91. The molecule has 0 aromatic heterocycles. The zero-order valence-electron chi connectivity index (χ0n) is 7.28. The highest BCUT2D eigenvalue weighted by atomic mass is 32.2. The molecule has 0 rings (SSSR count). The first-order valence-electron chi connectivity index (χ1n) is 3.63. The Balaban J connectivity index is 3.88.